The summed E-state index contributed by atoms with van der Waals surface area (Å²) in [6.45, 7) is 1.60. The van der Waals surface area contributed by atoms with Crippen LogP contribution in [0.2, 0.25) is 5.02 Å². The molecule has 1 N–H and O–H groups in total. The zero-order valence-electron chi connectivity index (χ0n) is 10.4. The van der Waals surface area contributed by atoms with Gasteiger partial charge in [0.25, 0.3) is 0 Å². The molecule has 4 nitrogen and oxygen atoms in total. The molecule has 0 aliphatic heterocycles. The fourth-order valence-electron chi connectivity index (χ4n) is 1.76. The second-order valence-electron chi connectivity index (χ2n) is 4.10. The predicted molar refractivity (Wildman–Crippen MR) is 76.1 cm³/mol. The third-order valence-electron chi connectivity index (χ3n) is 2.54. The van der Waals surface area contributed by atoms with Crippen molar-refractivity contribution in [1.82, 2.24) is 14.5 Å². The van der Waals surface area contributed by atoms with Crippen LogP contribution in [-0.2, 0) is 13.1 Å². The Morgan fingerprint density at radius 1 is 1.39 bits per heavy atom. The molecule has 0 bridgehead atoms. The molecule has 6 heteroatoms. The molecule has 0 amide bonds. The van der Waals surface area contributed by atoms with Crippen LogP contribution >= 0.6 is 23.1 Å². The molecule has 0 saturated heterocycles. The SMILES string of the molecule is CNc1snnc1CN(C)Cc1cccc(Cl)c1. The molecule has 2 aromatic rings. The molecule has 96 valence electrons. The average Bonchev–Trinajstić information content (AvgIpc) is 2.76. The van der Waals surface area contributed by atoms with E-state index in [0.29, 0.717) is 0 Å². The van der Waals surface area contributed by atoms with Gasteiger partial charge >= 0.3 is 0 Å². The number of rotatable bonds is 5. The number of hydrogen-bond acceptors (Lipinski definition) is 5. The Bertz CT molecular complexity index is 514. The van der Waals surface area contributed by atoms with Gasteiger partial charge in [0.2, 0.25) is 0 Å². The van der Waals surface area contributed by atoms with Crippen molar-refractivity contribution >= 4 is 28.1 Å². The molecular weight excluding hydrogens is 268 g/mol. The van der Waals surface area contributed by atoms with E-state index in [4.69, 9.17) is 11.6 Å². The third-order valence-corrected chi connectivity index (χ3v) is 3.56. The van der Waals surface area contributed by atoms with Gasteiger partial charge in [0.1, 0.15) is 10.7 Å². The van der Waals surface area contributed by atoms with E-state index in [0.717, 1.165) is 28.8 Å². The molecule has 0 atom stereocenters. The number of benzene rings is 1. The van der Waals surface area contributed by atoms with Crippen LogP contribution in [0.15, 0.2) is 24.3 Å². The summed E-state index contributed by atoms with van der Waals surface area (Å²) in [4.78, 5) is 2.18. The van der Waals surface area contributed by atoms with E-state index in [-0.39, 0.29) is 0 Å². The summed E-state index contributed by atoms with van der Waals surface area (Å²) in [6.07, 6.45) is 0. The van der Waals surface area contributed by atoms with Crippen LogP contribution in [0.25, 0.3) is 0 Å². The van der Waals surface area contributed by atoms with Gasteiger partial charge in [-0.15, -0.1) is 5.10 Å². The molecule has 0 aliphatic carbocycles. The summed E-state index contributed by atoms with van der Waals surface area (Å²) in [5, 5.41) is 9.02. The highest BCUT2D eigenvalue weighted by atomic mass is 35.5. The minimum atomic E-state index is 0.763. The molecule has 1 aromatic carbocycles. The molecule has 0 radical (unpaired) electrons. The third kappa shape index (κ3) is 3.41. The smallest absolute Gasteiger partial charge is 0.134 e. The van der Waals surface area contributed by atoms with Crippen molar-refractivity contribution in [2.45, 2.75) is 13.1 Å². The van der Waals surface area contributed by atoms with Crippen LogP contribution in [0.1, 0.15) is 11.3 Å². The van der Waals surface area contributed by atoms with Crippen molar-refractivity contribution in [3.63, 3.8) is 0 Å². The van der Waals surface area contributed by atoms with Crippen molar-refractivity contribution in [2.75, 3.05) is 19.4 Å². The summed E-state index contributed by atoms with van der Waals surface area (Å²) in [7, 11) is 3.94. The molecule has 0 aliphatic rings. The van der Waals surface area contributed by atoms with Gasteiger partial charge in [0.05, 0.1) is 0 Å². The van der Waals surface area contributed by atoms with Gasteiger partial charge in [-0.2, -0.15) is 0 Å². The maximum absolute atomic E-state index is 5.97. The van der Waals surface area contributed by atoms with Crippen molar-refractivity contribution < 1.29 is 0 Å². The first kappa shape index (κ1) is 13.3. The van der Waals surface area contributed by atoms with E-state index in [2.05, 4.69) is 32.9 Å². The Morgan fingerprint density at radius 2 is 2.22 bits per heavy atom. The predicted octanol–water partition coefficient (Wildman–Crippen LogP) is 2.87. The lowest BCUT2D eigenvalue weighted by Crippen LogP contribution is -2.18. The van der Waals surface area contributed by atoms with Crippen LogP contribution in [0, 0.1) is 0 Å². The number of anilines is 1. The van der Waals surface area contributed by atoms with E-state index in [1.54, 1.807) is 0 Å². The molecule has 1 heterocycles. The van der Waals surface area contributed by atoms with E-state index >= 15 is 0 Å². The van der Waals surface area contributed by atoms with E-state index in [1.165, 1.54) is 17.1 Å². The Kier molecular flexibility index (Phi) is 4.52. The fraction of sp³-hybridized carbons (Fsp3) is 0.333. The van der Waals surface area contributed by atoms with Crippen LogP contribution in [0.3, 0.4) is 0 Å². The van der Waals surface area contributed by atoms with Crippen LogP contribution < -0.4 is 5.32 Å². The number of halogens is 1. The summed E-state index contributed by atoms with van der Waals surface area (Å²) in [5.74, 6) is 0. The maximum Gasteiger partial charge on any atom is 0.134 e. The highest BCUT2D eigenvalue weighted by molar-refractivity contribution is 7.10. The van der Waals surface area contributed by atoms with Crippen molar-refractivity contribution in [1.29, 1.82) is 0 Å². The first-order chi connectivity index (χ1) is 8.69. The molecule has 0 spiro atoms. The second-order valence-corrected chi connectivity index (χ2v) is 5.29. The molecule has 1 aromatic heterocycles. The Labute approximate surface area is 116 Å². The molecule has 2 rings (SSSR count). The van der Waals surface area contributed by atoms with Crippen LogP contribution in [0.5, 0.6) is 0 Å². The highest BCUT2D eigenvalue weighted by Crippen LogP contribution is 2.19. The van der Waals surface area contributed by atoms with Crippen molar-refractivity contribution in [3.05, 3.63) is 40.5 Å². The quantitative estimate of drug-likeness (QED) is 0.916. The van der Waals surface area contributed by atoms with E-state index in [1.807, 2.05) is 25.2 Å². The second kappa shape index (κ2) is 6.13. The van der Waals surface area contributed by atoms with Gasteiger partial charge in [-0.05, 0) is 24.7 Å². The van der Waals surface area contributed by atoms with E-state index < -0.39 is 0 Å². The van der Waals surface area contributed by atoms with Gasteiger partial charge in [0.15, 0.2) is 0 Å². The standard InChI is InChI=1S/C12H15ClN4S/c1-14-12-11(15-16-18-12)8-17(2)7-9-4-3-5-10(13)6-9/h3-6,14H,7-8H2,1-2H3. The number of hydrogen-bond donors (Lipinski definition) is 1. The number of nitrogens with zero attached hydrogens (tertiary/aromatic N) is 3. The normalized spacial score (nSPS) is 10.9. The van der Waals surface area contributed by atoms with Gasteiger partial charge in [-0.3, -0.25) is 4.90 Å². The summed E-state index contributed by atoms with van der Waals surface area (Å²) in [6, 6.07) is 7.90. The Hall–Kier alpha value is -1.17. The summed E-state index contributed by atoms with van der Waals surface area (Å²) < 4.78 is 3.95. The monoisotopic (exact) mass is 282 g/mol. The fourth-order valence-corrected chi connectivity index (χ4v) is 2.50. The summed E-state index contributed by atoms with van der Waals surface area (Å²) >= 11 is 7.35. The van der Waals surface area contributed by atoms with Gasteiger partial charge in [0, 0.05) is 36.7 Å². The molecule has 18 heavy (non-hydrogen) atoms. The van der Waals surface area contributed by atoms with Crippen LogP contribution in [-0.4, -0.2) is 28.6 Å². The molecular formula is C12H15ClN4S. The highest BCUT2D eigenvalue weighted by Gasteiger charge is 2.09. The first-order valence-electron chi connectivity index (χ1n) is 5.61. The number of aromatic nitrogens is 2. The lowest BCUT2D eigenvalue weighted by Gasteiger charge is -2.15. The zero-order valence-corrected chi connectivity index (χ0v) is 11.9. The minimum absolute atomic E-state index is 0.763. The van der Waals surface area contributed by atoms with Crippen molar-refractivity contribution in [3.8, 4) is 0 Å². The Morgan fingerprint density at radius 3 is 2.94 bits per heavy atom. The maximum atomic E-state index is 5.97. The summed E-state index contributed by atoms with van der Waals surface area (Å²) in [5.41, 5.74) is 2.17. The Balaban J connectivity index is 1.98. The lowest BCUT2D eigenvalue weighted by atomic mass is 10.2. The van der Waals surface area contributed by atoms with Crippen molar-refractivity contribution in [2.24, 2.45) is 0 Å². The first-order valence-corrected chi connectivity index (χ1v) is 6.76. The number of nitrogens with one attached hydrogen (secondary N) is 1. The lowest BCUT2D eigenvalue weighted by molar-refractivity contribution is 0.315. The minimum Gasteiger partial charge on any atom is -0.377 e. The molecule has 0 fully saturated rings. The largest absolute Gasteiger partial charge is 0.377 e. The average molecular weight is 283 g/mol. The van der Waals surface area contributed by atoms with Crippen LogP contribution in [0.4, 0.5) is 5.00 Å². The van der Waals surface area contributed by atoms with Gasteiger partial charge in [-0.25, -0.2) is 0 Å². The molecule has 0 saturated carbocycles. The van der Waals surface area contributed by atoms with Gasteiger partial charge in [-0.1, -0.05) is 28.2 Å². The molecule has 0 unspecified atom stereocenters. The van der Waals surface area contributed by atoms with E-state index in [9.17, 15) is 0 Å². The zero-order chi connectivity index (χ0) is 13.0. The van der Waals surface area contributed by atoms with Gasteiger partial charge < -0.3 is 5.32 Å². The topological polar surface area (TPSA) is 41.1 Å².